The fourth-order valence-corrected chi connectivity index (χ4v) is 1.44. The number of pyridine rings is 1. The summed E-state index contributed by atoms with van der Waals surface area (Å²) < 4.78 is 1.82. The summed E-state index contributed by atoms with van der Waals surface area (Å²) in [7, 11) is 0. The smallest absolute Gasteiger partial charge is 0.182 e. The van der Waals surface area contributed by atoms with E-state index in [1.807, 2.05) is 36.4 Å². The molecule has 0 N–H and O–H groups in total. The molecule has 0 amide bonds. The van der Waals surface area contributed by atoms with Crippen LogP contribution < -0.4 is 0 Å². The van der Waals surface area contributed by atoms with Gasteiger partial charge >= 0.3 is 0 Å². The summed E-state index contributed by atoms with van der Waals surface area (Å²) in [5, 5.41) is 0. The van der Waals surface area contributed by atoms with Gasteiger partial charge in [0.05, 0.1) is 23.7 Å². The van der Waals surface area contributed by atoms with Crippen molar-refractivity contribution in [2.75, 3.05) is 0 Å². The molecule has 0 unspecified atom stereocenters. The van der Waals surface area contributed by atoms with Gasteiger partial charge in [-0.3, -0.25) is 9.20 Å². The van der Waals surface area contributed by atoms with Crippen LogP contribution in [0.25, 0.3) is 5.52 Å². The number of carbonyl (C=O) groups excluding carboxylic acids is 1. The molecule has 14 heavy (non-hydrogen) atoms. The molecule has 0 spiro atoms. The Labute approximate surface area is 82.4 Å². The number of fused-ring (bicyclic) bond motifs is 1. The lowest BCUT2D eigenvalue weighted by molar-refractivity contribution is 0.0933. The quantitative estimate of drug-likeness (QED) is 0.677. The Morgan fingerprint density at radius 1 is 1.43 bits per heavy atom. The average molecular weight is 188 g/mol. The molecule has 2 rings (SSSR count). The van der Waals surface area contributed by atoms with Gasteiger partial charge in [0.1, 0.15) is 0 Å². The van der Waals surface area contributed by atoms with Gasteiger partial charge < -0.3 is 0 Å². The number of hydrogen-bond donors (Lipinski definition) is 0. The Morgan fingerprint density at radius 3 is 2.93 bits per heavy atom. The van der Waals surface area contributed by atoms with E-state index in [1.54, 1.807) is 12.5 Å². The van der Waals surface area contributed by atoms with Gasteiger partial charge in [0.25, 0.3) is 0 Å². The molecule has 72 valence electrons. The van der Waals surface area contributed by atoms with Gasteiger partial charge in [-0.2, -0.15) is 0 Å². The molecule has 0 radical (unpaired) electrons. The molecule has 0 aliphatic rings. The molecule has 2 aromatic heterocycles. The van der Waals surface area contributed by atoms with Gasteiger partial charge in [0, 0.05) is 5.92 Å². The molecular weight excluding hydrogens is 176 g/mol. The second-order valence-corrected chi connectivity index (χ2v) is 3.62. The predicted octanol–water partition coefficient (Wildman–Crippen LogP) is 2.17. The second-order valence-electron chi connectivity index (χ2n) is 3.62. The van der Waals surface area contributed by atoms with E-state index < -0.39 is 0 Å². The zero-order chi connectivity index (χ0) is 10.1. The van der Waals surface area contributed by atoms with Crippen LogP contribution in [-0.4, -0.2) is 15.2 Å². The first kappa shape index (κ1) is 8.94. The van der Waals surface area contributed by atoms with Crippen LogP contribution >= 0.6 is 0 Å². The van der Waals surface area contributed by atoms with Crippen molar-refractivity contribution in [3.8, 4) is 0 Å². The Bertz CT molecular complexity index is 471. The average Bonchev–Trinajstić information content (AvgIpc) is 2.63. The van der Waals surface area contributed by atoms with Crippen molar-refractivity contribution in [3.63, 3.8) is 0 Å². The van der Waals surface area contributed by atoms with Gasteiger partial charge in [-0.05, 0) is 12.1 Å². The van der Waals surface area contributed by atoms with Gasteiger partial charge in [-0.25, -0.2) is 4.98 Å². The van der Waals surface area contributed by atoms with Gasteiger partial charge in [0.15, 0.2) is 5.78 Å². The zero-order valence-corrected chi connectivity index (χ0v) is 8.27. The highest BCUT2D eigenvalue weighted by Gasteiger charge is 2.13. The van der Waals surface area contributed by atoms with E-state index in [0.717, 1.165) is 5.52 Å². The third-order valence-electron chi connectivity index (χ3n) is 2.22. The van der Waals surface area contributed by atoms with E-state index in [2.05, 4.69) is 4.98 Å². The molecule has 0 aromatic carbocycles. The van der Waals surface area contributed by atoms with E-state index in [1.165, 1.54) is 0 Å². The minimum atomic E-state index is 0.0167. The summed E-state index contributed by atoms with van der Waals surface area (Å²) in [5.74, 6) is 0.164. The molecule has 2 aromatic rings. The maximum absolute atomic E-state index is 11.8. The van der Waals surface area contributed by atoms with Crippen LogP contribution in [0.4, 0.5) is 0 Å². The van der Waals surface area contributed by atoms with Crippen LogP contribution in [0, 0.1) is 5.92 Å². The molecule has 2 heterocycles. The van der Waals surface area contributed by atoms with Crippen molar-refractivity contribution >= 4 is 11.3 Å². The number of Topliss-reactive ketones (excluding diaryl/α,β-unsaturated/α-hetero) is 1. The maximum Gasteiger partial charge on any atom is 0.182 e. The van der Waals surface area contributed by atoms with Gasteiger partial charge in [-0.15, -0.1) is 0 Å². The fourth-order valence-electron chi connectivity index (χ4n) is 1.44. The molecule has 0 bridgehead atoms. The number of carbonyl (C=O) groups is 1. The Balaban J connectivity index is 2.62. The fraction of sp³-hybridized carbons (Fsp3) is 0.273. The molecule has 0 aliphatic heterocycles. The van der Waals surface area contributed by atoms with Crippen molar-refractivity contribution in [3.05, 3.63) is 36.4 Å². The highest BCUT2D eigenvalue weighted by atomic mass is 16.1. The Kier molecular flexibility index (Phi) is 2.08. The monoisotopic (exact) mass is 188 g/mol. The highest BCUT2D eigenvalue weighted by molar-refractivity contribution is 5.96. The van der Waals surface area contributed by atoms with Crippen LogP contribution in [-0.2, 0) is 0 Å². The predicted molar refractivity (Wildman–Crippen MR) is 54.4 cm³/mol. The molecule has 0 saturated carbocycles. The number of nitrogens with zero attached hydrogens (tertiary/aromatic N) is 2. The molecular formula is C11H12N2O. The van der Waals surface area contributed by atoms with E-state index in [9.17, 15) is 4.79 Å². The lowest BCUT2D eigenvalue weighted by Gasteiger charge is -2.06. The molecule has 0 fully saturated rings. The lowest BCUT2D eigenvalue weighted by atomic mass is 10.1. The molecule has 3 heteroatoms. The van der Waals surface area contributed by atoms with Crippen LogP contribution in [0.2, 0.25) is 0 Å². The van der Waals surface area contributed by atoms with Crippen molar-refractivity contribution in [2.45, 2.75) is 13.8 Å². The first-order chi connectivity index (χ1) is 6.70. The first-order valence-electron chi connectivity index (χ1n) is 4.65. The molecule has 3 nitrogen and oxygen atoms in total. The minimum Gasteiger partial charge on any atom is -0.296 e. The number of imidazole rings is 1. The van der Waals surface area contributed by atoms with Crippen molar-refractivity contribution in [1.82, 2.24) is 9.38 Å². The third kappa shape index (κ3) is 1.31. The molecule has 0 saturated heterocycles. The normalized spacial score (nSPS) is 11.1. The Hall–Kier alpha value is -1.64. The highest BCUT2D eigenvalue weighted by Crippen LogP contribution is 2.11. The second kappa shape index (κ2) is 3.25. The summed E-state index contributed by atoms with van der Waals surface area (Å²) in [4.78, 5) is 15.8. The topological polar surface area (TPSA) is 34.4 Å². The standard InChI is InChI=1S/C11H12N2O/c1-8(2)11(14)10-5-3-4-9-6-12-7-13(9)10/h3-8H,1-2H3. The molecule has 0 atom stereocenters. The van der Waals surface area contributed by atoms with Crippen LogP contribution in [0.3, 0.4) is 0 Å². The summed E-state index contributed by atoms with van der Waals surface area (Å²) in [6.45, 7) is 3.80. The van der Waals surface area contributed by atoms with Crippen molar-refractivity contribution < 1.29 is 4.79 Å². The summed E-state index contributed by atoms with van der Waals surface area (Å²) in [6.07, 6.45) is 3.42. The summed E-state index contributed by atoms with van der Waals surface area (Å²) in [5.41, 5.74) is 1.66. The van der Waals surface area contributed by atoms with E-state index in [0.29, 0.717) is 5.69 Å². The summed E-state index contributed by atoms with van der Waals surface area (Å²) in [6, 6.07) is 5.65. The Morgan fingerprint density at radius 2 is 2.21 bits per heavy atom. The zero-order valence-electron chi connectivity index (χ0n) is 8.27. The number of rotatable bonds is 2. The number of hydrogen-bond acceptors (Lipinski definition) is 2. The largest absolute Gasteiger partial charge is 0.296 e. The van der Waals surface area contributed by atoms with Crippen LogP contribution in [0.1, 0.15) is 24.3 Å². The van der Waals surface area contributed by atoms with E-state index >= 15 is 0 Å². The van der Waals surface area contributed by atoms with E-state index in [4.69, 9.17) is 0 Å². The van der Waals surface area contributed by atoms with Gasteiger partial charge in [0.2, 0.25) is 0 Å². The van der Waals surface area contributed by atoms with Crippen molar-refractivity contribution in [1.29, 1.82) is 0 Å². The number of aromatic nitrogens is 2. The van der Waals surface area contributed by atoms with Crippen molar-refractivity contribution in [2.24, 2.45) is 5.92 Å². The molecule has 0 aliphatic carbocycles. The maximum atomic E-state index is 11.8. The lowest BCUT2D eigenvalue weighted by Crippen LogP contribution is -2.11. The van der Waals surface area contributed by atoms with Crippen LogP contribution in [0.15, 0.2) is 30.7 Å². The SMILES string of the molecule is CC(C)C(=O)c1cccc2cncn12. The van der Waals surface area contributed by atoms with Crippen LogP contribution in [0.5, 0.6) is 0 Å². The summed E-state index contributed by atoms with van der Waals surface area (Å²) >= 11 is 0. The van der Waals surface area contributed by atoms with Gasteiger partial charge in [-0.1, -0.05) is 19.9 Å². The van der Waals surface area contributed by atoms with E-state index in [-0.39, 0.29) is 11.7 Å². The first-order valence-corrected chi connectivity index (χ1v) is 4.65. The third-order valence-corrected chi connectivity index (χ3v) is 2.22. The minimum absolute atomic E-state index is 0.0167. The number of ketones is 1.